The molecule has 0 aliphatic carbocycles. The summed E-state index contributed by atoms with van der Waals surface area (Å²) >= 11 is 2.10. The molecule has 1 atom stereocenters. The summed E-state index contributed by atoms with van der Waals surface area (Å²) in [5, 5.41) is 3.97. The van der Waals surface area contributed by atoms with Crippen molar-refractivity contribution in [2.45, 2.75) is 51.5 Å². The van der Waals surface area contributed by atoms with Crippen LogP contribution in [0.4, 0.5) is 0 Å². The molecule has 0 spiro atoms. The average molecular weight is 465 g/mol. The van der Waals surface area contributed by atoms with Crippen LogP contribution in [0.15, 0.2) is 34.3 Å². The third-order valence-corrected chi connectivity index (χ3v) is 5.52. The molecule has 0 aliphatic heterocycles. The number of carbonyl (C=O) groups is 1. The molecule has 0 unspecified atom stereocenters. The number of hydrogen-bond acceptors (Lipinski definition) is 4. The molecule has 0 radical (unpaired) electrons. The Balaban J connectivity index is 2.96. The van der Waals surface area contributed by atoms with E-state index in [2.05, 4.69) is 37.8 Å². The van der Waals surface area contributed by atoms with Gasteiger partial charge in [-0.05, 0) is 72.5 Å². The minimum atomic E-state index is -3.77. The summed E-state index contributed by atoms with van der Waals surface area (Å²) in [6, 6.07) is 5.59. The lowest BCUT2D eigenvalue weighted by atomic mass is 10.0. The van der Waals surface area contributed by atoms with Crippen LogP contribution < -0.4 is 10.1 Å². The Labute approximate surface area is 157 Å². The number of sulfonamides is 1. The fourth-order valence-electron chi connectivity index (χ4n) is 1.86. The molecular formula is C16H24IN3O3S. The third-order valence-electron chi connectivity index (χ3n) is 3.31. The molecule has 1 aromatic rings. The molecule has 24 heavy (non-hydrogen) atoms. The summed E-state index contributed by atoms with van der Waals surface area (Å²) in [7, 11) is -3.77. The van der Waals surface area contributed by atoms with Crippen LogP contribution in [0.2, 0.25) is 0 Å². The Morgan fingerprint density at radius 2 is 1.83 bits per heavy atom. The molecule has 0 heterocycles. The molecule has 1 aromatic carbocycles. The predicted octanol–water partition coefficient (Wildman–Crippen LogP) is 2.89. The van der Waals surface area contributed by atoms with Crippen LogP contribution in [0, 0.1) is 9.49 Å². The summed E-state index contributed by atoms with van der Waals surface area (Å²) in [5.74, 6) is -0.304. The highest BCUT2D eigenvalue weighted by Crippen LogP contribution is 2.14. The Morgan fingerprint density at radius 3 is 2.33 bits per heavy atom. The molecule has 0 aromatic heterocycles. The van der Waals surface area contributed by atoms with Gasteiger partial charge in [0.1, 0.15) is 6.04 Å². The topological polar surface area (TPSA) is 87.6 Å². The molecular weight excluding hydrogens is 441 g/mol. The Morgan fingerprint density at radius 1 is 1.25 bits per heavy atom. The minimum absolute atomic E-state index is 0.137. The third kappa shape index (κ3) is 6.86. The normalized spacial score (nSPS) is 13.8. The summed E-state index contributed by atoms with van der Waals surface area (Å²) in [6.07, 6.45) is 1.10. The van der Waals surface area contributed by atoms with Crippen LogP contribution in [0.1, 0.15) is 40.5 Å². The quantitative estimate of drug-likeness (QED) is 0.352. The van der Waals surface area contributed by atoms with Gasteiger partial charge in [-0.1, -0.05) is 20.8 Å². The van der Waals surface area contributed by atoms with Gasteiger partial charge in [0, 0.05) is 9.28 Å². The van der Waals surface area contributed by atoms with Gasteiger partial charge in [-0.25, -0.2) is 13.8 Å². The SMILES string of the molecule is CC/C(C)=N\NC(=O)[C@H](CC(C)C)NS(=O)(=O)c1ccc(I)cc1. The largest absolute Gasteiger partial charge is 0.271 e. The lowest BCUT2D eigenvalue weighted by molar-refractivity contribution is -0.123. The number of carbonyl (C=O) groups excluding carboxylic acids is 1. The fraction of sp³-hybridized carbons (Fsp3) is 0.500. The van der Waals surface area contributed by atoms with Crippen LogP contribution in [0.3, 0.4) is 0 Å². The molecule has 0 bridgehead atoms. The van der Waals surface area contributed by atoms with Gasteiger partial charge in [0.2, 0.25) is 10.0 Å². The van der Waals surface area contributed by atoms with Crippen LogP contribution in [0.25, 0.3) is 0 Å². The summed E-state index contributed by atoms with van der Waals surface area (Å²) in [5.41, 5.74) is 3.21. The van der Waals surface area contributed by atoms with Crippen LogP contribution in [-0.2, 0) is 14.8 Å². The standard InChI is InChI=1S/C16H24IN3O3S/c1-5-12(4)18-19-16(21)15(10-11(2)3)20-24(22,23)14-8-6-13(17)7-9-14/h6-9,11,15,20H,5,10H2,1-4H3,(H,19,21)/b18-12-/t15-/m0/s1. The number of amides is 1. The van der Waals surface area contributed by atoms with Crippen molar-refractivity contribution in [3.8, 4) is 0 Å². The number of nitrogens with zero attached hydrogens (tertiary/aromatic N) is 1. The van der Waals surface area contributed by atoms with E-state index in [1.807, 2.05) is 20.8 Å². The first-order valence-electron chi connectivity index (χ1n) is 7.76. The Kier molecular flexibility index (Phi) is 8.31. The Bertz CT molecular complexity index is 685. The van der Waals surface area contributed by atoms with E-state index in [4.69, 9.17) is 0 Å². The van der Waals surface area contributed by atoms with Crippen molar-refractivity contribution in [3.05, 3.63) is 27.8 Å². The van der Waals surface area contributed by atoms with Crippen LogP contribution in [-0.4, -0.2) is 26.1 Å². The first-order valence-corrected chi connectivity index (χ1v) is 10.3. The van der Waals surface area contributed by atoms with Gasteiger partial charge < -0.3 is 0 Å². The summed E-state index contributed by atoms with van der Waals surface area (Å²) in [6.45, 7) is 7.59. The Hall–Kier alpha value is -1.000. The van der Waals surface area contributed by atoms with Gasteiger partial charge in [-0.3, -0.25) is 4.79 Å². The molecule has 0 aliphatic rings. The van der Waals surface area contributed by atoms with E-state index in [9.17, 15) is 13.2 Å². The number of halogens is 1. The first kappa shape index (κ1) is 21.0. The molecule has 134 valence electrons. The maximum atomic E-state index is 12.5. The van der Waals surface area contributed by atoms with E-state index in [0.717, 1.165) is 9.28 Å². The molecule has 2 N–H and O–H groups in total. The van der Waals surface area contributed by atoms with Gasteiger partial charge in [-0.2, -0.15) is 9.82 Å². The van der Waals surface area contributed by atoms with Gasteiger partial charge in [0.15, 0.2) is 0 Å². The lowest BCUT2D eigenvalue weighted by Gasteiger charge is -2.19. The van der Waals surface area contributed by atoms with Crippen LogP contribution in [0.5, 0.6) is 0 Å². The molecule has 1 amide bonds. The highest BCUT2D eigenvalue weighted by Gasteiger charge is 2.26. The maximum absolute atomic E-state index is 12.5. The van der Waals surface area contributed by atoms with E-state index in [-0.39, 0.29) is 10.8 Å². The zero-order valence-electron chi connectivity index (χ0n) is 14.3. The van der Waals surface area contributed by atoms with Crippen molar-refractivity contribution in [1.29, 1.82) is 0 Å². The van der Waals surface area contributed by atoms with E-state index in [1.54, 1.807) is 19.1 Å². The average Bonchev–Trinajstić information content (AvgIpc) is 2.51. The van der Waals surface area contributed by atoms with Crippen molar-refractivity contribution >= 4 is 44.2 Å². The van der Waals surface area contributed by atoms with Crippen molar-refractivity contribution in [1.82, 2.24) is 10.1 Å². The zero-order valence-corrected chi connectivity index (χ0v) is 17.3. The number of hydrogen-bond donors (Lipinski definition) is 2. The highest BCUT2D eigenvalue weighted by atomic mass is 127. The van der Waals surface area contributed by atoms with E-state index >= 15 is 0 Å². The van der Waals surface area contributed by atoms with Gasteiger partial charge in [0.25, 0.3) is 5.91 Å². The van der Waals surface area contributed by atoms with Gasteiger partial charge >= 0.3 is 0 Å². The smallest absolute Gasteiger partial charge is 0.258 e. The van der Waals surface area contributed by atoms with Crippen molar-refractivity contribution in [2.75, 3.05) is 0 Å². The number of rotatable bonds is 8. The monoisotopic (exact) mass is 465 g/mol. The highest BCUT2D eigenvalue weighted by molar-refractivity contribution is 14.1. The predicted molar refractivity (Wildman–Crippen MR) is 104 cm³/mol. The van der Waals surface area contributed by atoms with Gasteiger partial charge in [0.05, 0.1) is 4.90 Å². The molecule has 8 heteroatoms. The zero-order chi connectivity index (χ0) is 18.3. The second-order valence-corrected chi connectivity index (χ2v) is 8.89. The molecule has 6 nitrogen and oxygen atoms in total. The van der Waals surface area contributed by atoms with E-state index in [1.165, 1.54) is 12.1 Å². The van der Waals surface area contributed by atoms with Gasteiger partial charge in [-0.15, -0.1) is 0 Å². The summed E-state index contributed by atoms with van der Waals surface area (Å²) in [4.78, 5) is 12.5. The number of benzene rings is 1. The molecule has 0 fully saturated rings. The molecule has 1 rings (SSSR count). The van der Waals surface area contributed by atoms with Crippen LogP contribution >= 0.6 is 22.6 Å². The lowest BCUT2D eigenvalue weighted by Crippen LogP contribution is -2.46. The second kappa shape index (κ2) is 9.47. The van der Waals surface area contributed by atoms with Crippen molar-refractivity contribution < 1.29 is 13.2 Å². The number of nitrogens with one attached hydrogen (secondary N) is 2. The second-order valence-electron chi connectivity index (χ2n) is 5.93. The van der Waals surface area contributed by atoms with Crippen molar-refractivity contribution in [2.24, 2.45) is 11.0 Å². The fourth-order valence-corrected chi connectivity index (χ4v) is 3.42. The molecule has 0 saturated heterocycles. The van der Waals surface area contributed by atoms with E-state index < -0.39 is 22.0 Å². The first-order chi connectivity index (χ1) is 11.2. The molecule has 0 saturated carbocycles. The van der Waals surface area contributed by atoms with Crippen molar-refractivity contribution in [3.63, 3.8) is 0 Å². The summed E-state index contributed by atoms with van der Waals surface area (Å²) < 4.78 is 28.4. The maximum Gasteiger partial charge on any atom is 0.258 e. The van der Waals surface area contributed by atoms with E-state index in [0.29, 0.717) is 12.8 Å². The number of hydrazone groups is 1. The minimum Gasteiger partial charge on any atom is -0.271 e.